The predicted molar refractivity (Wildman–Crippen MR) is 68.3 cm³/mol. The molecule has 4 nitrogen and oxygen atoms in total. The molecule has 0 aromatic carbocycles. The Bertz CT molecular complexity index is 293. The van der Waals surface area contributed by atoms with Crippen LogP contribution in [0.15, 0.2) is 11.6 Å². The Morgan fingerprint density at radius 3 is 2.67 bits per heavy atom. The maximum Gasteiger partial charge on any atom is 0.135 e. The molecule has 0 bridgehead atoms. The minimum atomic E-state index is 0.587. The summed E-state index contributed by atoms with van der Waals surface area (Å²) in [5.41, 5.74) is 12.4. The number of hydrogen-bond donors (Lipinski definition) is 3. The number of hydrazine groups is 1. The van der Waals surface area contributed by atoms with Gasteiger partial charge in [0.15, 0.2) is 0 Å². The van der Waals surface area contributed by atoms with E-state index < -0.39 is 0 Å². The molecule has 5 heteroatoms. The van der Waals surface area contributed by atoms with Crippen LogP contribution in [-0.2, 0) is 0 Å². The molecule has 0 saturated carbocycles. The van der Waals surface area contributed by atoms with Crippen molar-refractivity contribution in [1.82, 2.24) is 15.8 Å². The number of anilines is 1. The lowest BCUT2D eigenvalue weighted by Crippen LogP contribution is -2.21. The van der Waals surface area contributed by atoms with Crippen LogP contribution in [0, 0.1) is 0 Å². The van der Waals surface area contributed by atoms with Crippen LogP contribution in [0.5, 0.6) is 0 Å². The number of thiazole rings is 1. The molecule has 0 fully saturated rings. The van der Waals surface area contributed by atoms with Gasteiger partial charge >= 0.3 is 0 Å². The van der Waals surface area contributed by atoms with Crippen molar-refractivity contribution in [3.63, 3.8) is 0 Å². The first-order chi connectivity index (χ1) is 7.27. The van der Waals surface area contributed by atoms with Gasteiger partial charge in [-0.3, -0.25) is 0 Å². The van der Waals surface area contributed by atoms with Crippen molar-refractivity contribution in [2.24, 2.45) is 0 Å². The summed E-state index contributed by atoms with van der Waals surface area (Å²) >= 11 is 1.56. The van der Waals surface area contributed by atoms with Crippen LogP contribution < -0.4 is 16.6 Å². The number of nitrogens with two attached hydrogens (primary N) is 1. The first-order valence-corrected chi connectivity index (χ1v) is 5.98. The van der Waals surface area contributed by atoms with E-state index in [1.54, 1.807) is 11.3 Å². The van der Waals surface area contributed by atoms with Crippen LogP contribution in [0.2, 0.25) is 0 Å². The van der Waals surface area contributed by atoms with Crippen LogP contribution >= 0.6 is 11.3 Å². The van der Waals surface area contributed by atoms with E-state index in [4.69, 9.17) is 5.73 Å². The van der Waals surface area contributed by atoms with Crippen molar-refractivity contribution in [3.05, 3.63) is 16.6 Å². The number of aromatic nitrogens is 1. The van der Waals surface area contributed by atoms with Gasteiger partial charge in [-0.15, -0.1) is 11.3 Å². The zero-order valence-corrected chi connectivity index (χ0v) is 10.6. The van der Waals surface area contributed by atoms with Crippen molar-refractivity contribution in [2.75, 3.05) is 12.8 Å². The van der Waals surface area contributed by atoms with Gasteiger partial charge in [-0.05, 0) is 6.42 Å². The molecule has 0 radical (unpaired) electrons. The third-order valence-electron chi connectivity index (χ3n) is 1.57. The highest BCUT2D eigenvalue weighted by Crippen LogP contribution is 2.22. The fraction of sp³-hybridized carbons (Fsp3) is 0.500. The molecule has 0 spiro atoms. The molecule has 1 aromatic rings. The van der Waals surface area contributed by atoms with E-state index in [2.05, 4.69) is 22.8 Å². The van der Waals surface area contributed by atoms with Crippen LogP contribution in [0.1, 0.15) is 32.2 Å². The average Bonchev–Trinajstić information content (AvgIpc) is 2.69. The molecule has 15 heavy (non-hydrogen) atoms. The van der Waals surface area contributed by atoms with Crippen molar-refractivity contribution >= 4 is 22.7 Å². The van der Waals surface area contributed by atoms with Crippen molar-refractivity contribution in [3.8, 4) is 0 Å². The SMILES string of the molecule is CC.CC/C(=C\NNC)c1nc(N)cs1. The summed E-state index contributed by atoms with van der Waals surface area (Å²) in [6, 6.07) is 0. The number of hydrogen-bond acceptors (Lipinski definition) is 5. The minimum absolute atomic E-state index is 0.587. The highest BCUT2D eigenvalue weighted by atomic mass is 32.1. The molecule has 86 valence electrons. The predicted octanol–water partition coefficient (Wildman–Crippen LogP) is 2.23. The molecule has 0 saturated heterocycles. The summed E-state index contributed by atoms with van der Waals surface area (Å²) < 4.78 is 0. The second-order valence-electron chi connectivity index (χ2n) is 2.49. The van der Waals surface area contributed by atoms with E-state index in [-0.39, 0.29) is 0 Å². The molecule has 1 heterocycles. The molecule has 0 aliphatic heterocycles. The van der Waals surface area contributed by atoms with Gasteiger partial charge in [0.25, 0.3) is 0 Å². The van der Waals surface area contributed by atoms with Crippen LogP contribution in [-0.4, -0.2) is 12.0 Å². The standard InChI is InChI=1S/C8H14N4S.C2H6/c1-3-6(4-11-10-2)8-12-7(9)5-13-8;1-2/h4-5,10-11H,3,9H2,1-2H3;1-2H3/b6-4+;. The van der Waals surface area contributed by atoms with Crippen molar-refractivity contribution < 1.29 is 0 Å². The molecule has 0 aliphatic rings. The maximum absolute atomic E-state index is 5.54. The molecule has 0 aliphatic carbocycles. The average molecular weight is 228 g/mol. The molecular formula is C10H20N4S. The topological polar surface area (TPSA) is 63.0 Å². The highest BCUT2D eigenvalue weighted by Gasteiger charge is 2.03. The molecule has 4 N–H and O–H groups in total. The molecule has 0 amide bonds. The highest BCUT2D eigenvalue weighted by molar-refractivity contribution is 7.11. The van der Waals surface area contributed by atoms with Gasteiger partial charge < -0.3 is 11.2 Å². The van der Waals surface area contributed by atoms with Gasteiger partial charge in [-0.1, -0.05) is 20.8 Å². The Balaban J connectivity index is 0.000000921. The molecular weight excluding hydrogens is 208 g/mol. The number of nitrogens with one attached hydrogen (secondary N) is 2. The Morgan fingerprint density at radius 1 is 1.60 bits per heavy atom. The fourth-order valence-corrected chi connectivity index (χ4v) is 1.71. The third-order valence-corrected chi connectivity index (χ3v) is 2.50. The van der Waals surface area contributed by atoms with Gasteiger partial charge in [-0.2, -0.15) is 0 Å². The quantitative estimate of drug-likeness (QED) is 0.692. The largest absolute Gasteiger partial charge is 0.383 e. The van der Waals surface area contributed by atoms with E-state index in [1.165, 1.54) is 0 Å². The fourth-order valence-electron chi connectivity index (χ4n) is 0.908. The summed E-state index contributed by atoms with van der Waals surface area (Å²) in [5, 5.41) is 2.82. The Kier molecular flexibility index (Phi) is 7.67. The monoisotopic (exact) mass is 228 g/mol. The van der Waals surface area contributed by atoms with Crippen LogP contribution in [0.25, 0.3) is 5.57 Å². The van der Waals surface area contributed by atoms with E-state index in [0.717, 1.165) is 17.0 Å². The van der Waals surface area contributed by atoms with Gasteiger partial charge in [0.05, 0.1) is 0 Å². The van der Waals surface area contributed by atoms with E-state index >= 15 is 0 Å². The zero-order chi connectivity index (χ0) is 11.7. The summed E-state index contributed by atoms with van der Waals surface area (Å²) in [7, 11) is 1.82. The van der Waals surface area contributed by atoms with Crippen molar-refractivity contribution in [2.45, 2.75) is 27.2 Å². The van der Waals surface area contributed by atoms with Crippen LogP contribution in [0.4, 0.5) is 5.82 Å². The van der Waals surface area contributed by atoms with Crippen LogP contribution in [0.3, 0.4) is 0 Å². The number of nitrogen functional groups attached to an aromatic ring is 1. The maximum atomic E-state index is 5.54. The molecule has 1 rings (SSSR count). The summed E-state index contributed by atoms with van der Waals surface area (Å²) in [6.07, 6.45) is 2.83. The molecule has 1 aromatic heterocycles. The Hall–Kier alpha value is -1.07. The van der Waals surface area contributed by atoms with Crippen molar-refractivity contribution in [1.29, 1.82) is 0 Å². The van der Waals surface area contributed by atoms with E-state index in [1.807, 2.05) is 32.5 Å². The first kappa shape index (κ1) is 13.9. The summed E-state index contributed by atoms with van der Waals surface area (Å²) in [6.45, 7) is 6.08. The second kappa shape index (κ2) is 8.26. The number of allylic oxidation sites excluding steroid dienone is 1. The van der Waals surface area contributed by atoms with Gasteiger partial charge in [0.1, 0.15) is 10.8 Å². The first-order valence-electron chi connectivity index (χ1n) is 5.10. The number of nitrogens with zero attached hydrogens (tertiary/aromatic N) is 1. The third kappa shape index (κ3) is 4.80. The minimum Gasteiger partial charge on any atom is -0.383 e. The van der Waals surface area contributed by atoms with E-state index in [0.29, 0.717) is 5.82 Å². The summed E-state index contributed by atoms with van der Waals surface area (Å²) in [4.78, 5) is 4.19. The lowest BCUT2D eigenvalue weighted by atomic mass is 10.2. The summed E-state index contributed by atoms with van der Waals surface area (Å²) in [5.74, 6) is 0.587. The lowest BCUT2D eigenvalue weighted by molar-refractivity contribution is 0.730. The van der Waals surface area contributed by atoms with Gasteiger partial charge in [0, 0.05) is 24.2 Å². The van der Waals surface area contributed by atoms with Gasteiger partial charge in [0.2, 0.25) is 0 Å². The Labute approximate surface area is 95.6 Å². The zero-order valence-electron chi connectivity index (χ0n) is 9.79. The lowest BCUT2D eigenvalue weighted by Gasteiger charge is -2.01. The normalized spacial score (nSPS) is 10.5. The smallest absolute Gasteiger partial charge is 0.135 e. The Morgan fingerprint density at radius 2 is 2.27 bits per heavy atom. The van der Waals surface area contributed by atoms with E-state index in [9.17, 15) is 0 Å². The number of rotatable bonds is 4. The molecule has 0 atom stereocenters. The second-order valence-corrected chi connectivity index (χ2v) is 3.35. The molecule has 0 unspecified atom stereocenters. The van der Waals surface area contributed by atoms with Gasteiger partial charge in [-0.25, -0.2) is 10.4 Å².